The molecular weight excluding hydrogens is 212 g/mol. The molecule has 1 atom stereocenters. The molecule has 3 nitrogen and oxygen atoms in total. The van der Waals surface area contributed by atoms with Crippen LogP contribution in [0.4, 0.5) is 0 Å². The van der Waals surface area contributed by atoms with Crippen LogP contribution in [-0.2, 0) is 4.74 Å². The van der Waals surface area contributed by atoms with Gasteiger partial charge in [-0.2, -0.15) is 0 Å². The fraction of sp³-hybridized carbons (Fsp3) is 0.643. The van der Waals surface area contributed by atoms with E-state index in [-0.39, 0.29) is 6.04 Å². The minimum atomic E-state index is 0.253. The lowest BCUT2D eigenvalue weighted by Gasteiger charge is -2.20. The van der Waals surface area contributed by atoms with Crippen LogP contribution in [0.25, 0.3) is 0 Å². The van der Waals surface area contributed by atoms with Crippen LogP contribution in [-0.4, -0.2) is 24.7 Å². The molecule has 0 spiro atoms. The van der Waals surface area contributed by atoms with Crippen molar-refractivity contribution in [3.05, 3.63) is 29.1 Å². The normalized spacial score (nSPS) is 12.7. The molecule has 0 saturated heterocycles. The zero-order valence-corrected chi connectivity index (χ0v) is 11.4. The maximum Gasteiger partial charge on any atom is 0.0662 e. The number of aryl methyl sites for hydroxylation is 2. The van der Waals surface area contributed by atoms with Crippen molar-refractivity contribution in [2.24, 2.45) is 0 Å². The van der Waals surface area contributed by atoms with Crippen LogP contribution < -0.4 is 5.32 Å². The van der Waals surface area contributed by atoms with Gasteiger partial charge in [-0.1, -0.05) is 13.0 Å². The van der Waals surface area contributed by atoms with Gasteiger partial charge < -0.3 is 10.1 Å². The standard InChI is InChI=1S/C14H24N2O/c1-5-9-15-14(10-17-6-2)13-8-7-11(3)16-12(13)4/h7-8,14-15H,5-6,9-10H2,1-4H3. The number of ether oxygens (including phenoxy) is 1. The number of hydrogen-bond donors (Lipinski definition) is 1. The second-order valence-corrected chi connectivity index (χ2v) is 4.29. The molecular formula is C14H24N2O. The minimum Gasteiger partial charge on any atom is -0.380 e. The van der Waals surface area contributed by atoms with E-state index in [1.165, 1.54) is 5.56 Å². The van der Waals surface area contributed by atoms with Gasteiger partial charge in [0.25, 0.3) is 0 Å². The van der Waals surface area contributed by atoms with Crippen molar-refractivity contribution in [1.82, 2.24) is 10.3 Å². The zero-order chi connectivity index (χ0) is 12.7. The Balaban J connectivity index is 2.79. The first-order chi connectivity index (χ1) is 8.19. The molecule has 0 aliphatic rings. The Labute approximate surface area is 105 Å². The Hall–Kier alpha value is -0.930. The maximum atomic E-state index is 5.54. The average molecular weight is 236 g/mol. The molecule has 3 heteroatoms. The molecule has 1 unspecified atom stereocenters. The van der Waals surface area contributed by atoms with E-state index in [9.17, 15) is 0 Å². The summed E-state index contributed by atoms with van der Waals surface area (Å²) < 4.78 is 5.54. The highest BCUT2D eigenvalue weighted by atomic mass is 16.5. The lowest BCUT2D eigenvalue weighted by molar-refractivity contribution is 0.122. The monoisotopic (exact) mass is 236 g/mol. The van der Waals surface area contributed by atoms with E-state index in [2.05, 4.69) is 36.3 Å². The van der Waals surface area contributed by atoms with Crippen LogP contribution in [0.2, 0.25) is 0 Å². The third kappa shape index (κ3) is 4.44. The highest BCUT2D eigenvalue weighted by Gasteiger charge is 2.13. The van der Waals surface area contributed by atoms with Crippen LogP contribution in [0, 0.1) is 13.8 Å². The lowest BCUT2D eigenvalue weighted by Crippen LogP contribution is -2.27. The van der Waals surface area contributed by atoms with Gasteiger partial charge in [0.1, 0.15) is 0 Å². The molecule has 1 N–H and O–H groups in total. The lowest BCUT2D eigenvalue weighted by atomic mass is 10.1. The van der Waals surface area contributed by atoms with Crippen LogP contribution in [0.3, 0.4) is 0 Å². The van der Waals surface area contributed by atoms with Crippen molar-refractivity contribution >= 4 is 0 Å². The van der Waals surface area contributed by atoms with Crippen molar-refractivity contribution in [2.75, 3.05) is 19.8 Å². The van der Waals surface area contributed by atoms with E-state index in [0.29, 0.717) is 6.61 Å². The van der Waals surface area contributed by atoms with E-state index in [4.69, 9.17) is 4.74 Å². The number of nitrogens with zero attached hydrogens (tertiary/aromatic N) is 1. The van der Waals surface area contributed by atoms with E-state index in [1.54, 1.807) is 0 Å². The predicted molar refractivity (Wildman–Crippen MR) is 71.2 cm³/mol. The quantitative estimate of drug-likeness (QED) is 0.790. The van der Waals surface area contributed by atoms with E-state index < -0.39 is 0 Å². The van der Waals surface area contributed by atoms with Gasteiger partial charge in [-0.15, -0.1) is 0 Å². The SMILES string of the molecule is CCCNC(COCC)c1ccc(C)nc1C. The Morgan fingerprint density at radius 3 is 2.65 bits per heavy atom. The predicted octanol–water partition coefficient (Wildman–Crippen LogP) is 2.78. The van der Waals surface area contributed by atoms with Gasteiger partial charge in [-0.25, -0.2) is 0 Å². The molecule has 0 fully saturated rings. The average Bonchev–Trinajstić information content (AvgIpc) is 2.30. The van der Waals surface area contributed by atoms with Crippen molar-refractivity contribution < 1.29 is 4.74 Å². The topological polar surface area (TPSA) is 34.1 Å². The summed E-state index contributed by atoms with van der Waals surface area (Å²) in [5.74, 6) is 0. The van der Waals surface area contributed by atoms with Crippen LogP contribution in [0.1, 0.15) is 43.3 Å². The van der Waals surface area contributed by atoms with Crippen LogP contribution in [0.5, 0.6) is 0 Å². The molecule has 0 saturated carbocycles. The summed E-state index contributed by atoms with van der Waals surface area (Å²) in [5.41, 5.74) is 3.41. The van der Waals surface area contributed by atoms with Gasteiger partial charge in [-0.05, 0) is 45.4 Å². The Morgan fingerprint density at radius 1 is 1.29 bits per heavy atom. The summed E-state index contributed by atoms with van der Waals surface area (Å²) in [4.78, 5) is 4.52. The van der Waals surface area contributed by atoms with Gasteiger partial charge in [0.2, 0.25) is 0 Å². The number of aromatic nitrogens is 1. The molecule has 0 radical (unpaired) electrons. The summed E-state index contributed by atoms with van der Waals surface area (Å²) in [6, 6.07) is 4.47. The number of nitrogens with one attached hydrogen (secondary N) is 1. The molecule has 96 valence electrons. The summed E-state index contributed by atoms with van der Waals surface area (Å²) >= 11 is 0. The fourth-order valence-corrected chi connectivity index (χ4v) is 1.88. The summed E-state index contributed by atoms with van der Waals surface area (Å²) in [7, 11) is 0. The van der Waals surface area contributed by atoms with Crippen molar-refractivity contribution in [2.45, 2.75) is 40.2 Å². The highest BCUT2D eigenvalue weighted by molar-refractivity contribution is 5.25. The number of hydrogen-bond acceptors (Lipinski definition) is 3. The smallest absolute Gasteiger partial charge is 0.0662 e. The second kappa shape index (κ2) is 7.41. The van der Waals surface area contributed by atoms with E-state index >= 15 is 0 Å². The first-order valence-corrected chi connectivity index (χ1v) is 6.44. The van der Waals surface area contributed by atoms with Crippen LogP contribution >= 0.6 is 0 Å². The third-order valence-corrected chi connectivity index (χ3v) is 2.77. The van der Waals surface area contributed by atoms with E-state index in [0.717, 1.165) is 31.0 Å². The summed E-state index contributed by atoms with van der Waals surface area (Å²) in [5, 5.41) is 3.52. The number of pyridine rings is 1. The van der Waals surface area contributed by atoms with Gasteiger partial charge in [-0.3, -0.25) is 4.98 Å². The van der Waals surface area contributed by atoms with Crippen molar-refractivity contribution in [3.8, 4) is 0 Å². The number of rotatable bonds is 7. The minimum absolute atomic E-state index is 0.253. The van der Waals surface area contributed by atoms with Crippen LogP contribution in [0.15, 0.2) is 12.1 Å². The molecule has 0 aliphatic carbocycles. The molecule has 1 aromatic heterocycles. The van der Waals surface area contributed by atoms with Gasteiger partial charge in [0.15, 0.2) is 0 Å². The molecule has 1 rings (SSSR count). The second-order valence-electron chi connectivity index (χ2n) is 4.29. The van der Waals surface area contributed by atoms with Crippen molar-refractivity contribution in [1.29, 1.82) is 0 Å². The molecule has 1 aromatic rings. The molecule has 1 heterocycles. The fourth-order valence-electron chi connectivity index (χ4n) is 1.88. The first-order valence-electron chi connectivity index (χ1n) is 6.44. The highest BCUT2D eigenvalue weighted by Crippen LogP contribution is 2.17. The molecule has 0 aliphatic heterocycles. The third-order valence-electron chi connectivity index (χ3n) is 2.77. The Kier molecular flexibility index (Phi) is 6.16. The van der Waals surface area contributed by atoms with Crippen molar-refractivity contribution in [3.63, 3.8) is 0 Å². The Morgan fingerprint density at radius 2 is 2.06 bits per heavy atom. The first kappa shape index (κ1) is 14.1. The molecule has 17 heavy (non-hydrogen) atoms. The maximum absolute atomic E-state index is 5.54. The molecule has 0 aromatic carbocycles. The van der Waals surface area contributed by atoms with E-state index in [1.807, 2.05) is 13.8 Å². The molecule has 0 amide bonds. The zero-order valence-electron chi connectivity index (χ0n) is 11.4. The Bertz CT molecular complexity index is 331. The van der Waals surface area contributed by atoms with Gasteiger partial charge in [0.05, 0.1) is 12.6 Å². The summed E-state index contributed by atoms with van der Waals surface area (Å²) in [6.07, 6.45) is 1.13. The van der Waals surface area contributed by atoms with Gasteiger partial charge >= 0.3 is 0 Å². The largest absolute Gasteiger partial charge is 0.380 e. The van der Waals surface area contributed by atoms with Gasteiger partial charge in [0, 0.05) is 18.0 Å². The summed E-state index contributed by atoms with van der Waals surface area (Å²) in [6.45, 7) is 10.8. The molecule has 0 bridgehead atoms.